The maximum atomic E-state index is 13.3. The highest BCUT2D eigenvalue weighted by Crippen LogP contribution is 2.45. The summed E-state index contributed by atoms with van der Waals surface area (Å²) in [6, 6.07) is 7.88. The van der Waals surface area contributed by atoms with Gasteiger partial charge >= 0.3 is 0 Å². The van der Waals surface area contributed by atoms with Crippen molar-refractivity contribution in [2.45, 2.75) is 61.2 Å². The van der Waals surface area contributed by atoms with Gasteiger partial charge < -0.3 is 69.3 Å². The van der Waals surface area contributed by atoms with Crippen LogP contribution in [0.15, 0.2) is 45.6 Å². The molecule has 5 rings (SSSR count). The van der Waals surface area contributed by atoms with E-state index in [0.29, 0.717) is 5.56 Å². The van der Waals surface area contributed by atoms with Crippen LogP contribution in [0.2, 0.25) is 0 Å². The third-order valence-electron chi connectivity index (χ3n) is 7.64. The molecule has 0 amide bonds. The number of fused-ring (bicyclic) bond motifs is 1. The average molecular weight is 609 g/mol. The van der Waals surface area contributed by atoms with Gasteiger partial charge in [-0.05, 0) is 24.3 Å². The lowest BCUT2D eigenvalue weighted by atomic mass is 9.89. The highest BCUT2D eigenvalue weighted by atomic mass is 16.7. The predicted molar refractivity (Wildman–Crippen MR) is 143 cm³/mol. The Hall–Kier alpha value is -3.35. The summed E-state index contributed by atoms with van der Waals surface area (Å²) >= 11 is 0. The third-order valence-corrected chi connectivity index (χ3v) is 7.64. The fraction of sp³-hybridized carbons (Fsp3) is 0.464. The quantitative estimate of drug-likeness (QED) is 0.144. The van der Waals surface area contributed by atoms with E-state index < -0.39 is 85.6 Å². The lowest BCUT2D eigenvalue weighted by Gasteiger charge is -2.46. The first-order valence-corrected chi connectivity index (χ1v) is 13.3. The standard InChI is InChI=1S/C28H32O15/c1-39-15-7-13(33)18-12(32)6-14(10-2-4-11(31)5-3-10)40-25(18)19(15)26-27(23(37)21(35)16(8-29)41-26)43-28-24(38)22(36)20(34)17(9-30)42-28/h2-7,16-17,20-24,26-31,33-38H,8-9H2,1H3/t16?,17?,20-,21-,22+,23+,24?,26+,27?,28+/m1/s1. The van der Waals surface area contributed by atoms with Crippen molar-refractivity contribution in [3.05, 3.63) is 52.2 Å². The average Bonchev–Trinajstić information content (AvgIpc) is 2.99. The van der Waals surface area contributed by atoms with Gasteiger partial charge in [-0.25, -0.2) is 0 Å². The maximum absolute atomic E-state index is 13.3. The molecular weight excluding hydrogens is 576 g/mol. The number of aromatic hydroxyl groups is 2. The van der Waals surface area contributed by atoms with Crippen LogP contribution in [0, 0.1) is 0 Å². The number of aliphatic hydroxyl groups excluding tert-OH is 7. The van der Waals surface area contributed by atoms with Crippen molar-refractivity contribution in [1.82, 2.24) is 0 Å². The molecule has 10 atom stereocenters. The molecule has 43 heavy (non-hydrogen) atoms. The van der Waals surface area contributed by atoms with Gasteiger partial charge in [0.2, 0.25) is 0 Å². The largest absolute Gasteiger partial charge is 0.508 e. The van der Waals surface area contributed by atoms with Crippen LogP contribution in [0.4, 0.5) is 0 Å². The van der Waals surface area contributed by atoms with E-state index in [-0.39, 0.29) is 33.8 Å². The van der Waals surface area contributed by atoms with E-state index in [9.17, 15) is 50.8 Å². The predicted octanol–water partition coefficient (Wildman–Crippen LogP) is -1.78. The summed E-state index contributed by atoms with van der Waals surface area (Å²) < 4.78 is 28.8. The lowest BCUT2D eigenvalue weighted by molar-refractivity contribution is -0.342. The van der Waals surface area contributed by atoms with Crippen molar-refractivity contribution in [2.75, 3.05) is 20.3 Å². The number of aliphatic hydroxyl groups is 7. The van der Waals surface area contributed by atoms with Crippen LogP contribution in [-0.4, -0.2) is 121 Å². The Morgan fingerprint density at radius 2 is 1.44 bits per heavy atom. The van der Waals surface area contributed by atoms with Crippen LogP contribution in [0.3, 0.4) is 0 Å². The number of phenols is 2. The number of methoxy groups -OCH3 is 1. The molecule has 3 heterocycles. The van der Waals surface area contributed by atoms with Gasteiger partial charge in [0.1, 0.15) is 83.3 Å². The van der Waals surface area contributed by atoms with Gasteiger partial charge in [-0.2, -0.15) is 0 Å². The molecule has 15 nitrogen and oxygen atoms in total. The molecule has 0 bridgehead atoms. The monoisotopic (exact) mass is 608 g/mol. The van der Waals surface area contributed by atoms with Crippen LogP contribution < -0.4 is 10.2 Å². The van der Waals surface area contributed by atoms with E-state index in [1.807, 2.05) is 0 Å². The summed E-state index contributed by atoms with van der Waals surface area (Å²) in [5.74, 6) is -0.682. The Morgan fingerprint density at radius 3 is 2.07 bits per heavy atom. The molecule has 2 fully saturated rings. The van der Waals surface area contributed by atoms with E-state index in [1.54, 1.807) is 0 Å². The van der Waals surface area contributed by atoms with Crippen LogP contribution in [0.1, 0.15) is 11.7 Å². The summed E-state index contributed by atoms with van der Waals surface area (Å²) in [6.45, 7) is -1.54. The smallest absolute Gasteiger partial charge is 0.197 e. The fourth-order valence-electron chi connectivity index (χ4n) is 5.33. The van der Waals surface area contributed by atoms with Gasteiger partial charge in [-0.1, -0.05) is 0 Å². The molecule has 0 saturated carbocycles. The molecule has 2 aliphatic heterocycles. The minimum atomic E-state index is -1.89. The zero-order valence-corrected chi connectivity index (χ0v) is 22.6. The van der Waals surface area contributed by atoms with E-state index in [1.165, 1.54) is 31.4 Å². The minimum Gasteiger partial charge on any atom is -0.508 e. The van der Waals surface area contributed by atoms with E-state index in [0.717, 1.165) is 12.1 Å². The van der Waals surface area contributed by atoms with Crippen molar-refractivity contribution in [1.29, 1.82) is 0 Å². The summed E-state index contributed by atoms with van der Waals surface area (Å²) in [4.78, 5) is 13.3. The first kappa shape index (κ1) is 31.1. The maximum Gasteiger partial charge on any atom is 0.197 e. The number of ether oxygens (including phenoxy) is 4. The summed E-state index contributed by atoms with van der Waals surface area (Å²) in [7, 11) is 1.23. The SMILES string of the molecule is COc1cc(O)c2c(=O)cc(-c3ccc(O)cc3)oc2c1[C@@H]1OC(CO)[C@@H](O)[C@H](O)C1O[C@@H]1OC(CO)[C@@H](O)[C@H](O)C1O. The lowest BCUT2D eigenvalue weighted by Crippen LogP contribution is -2.62. The number of benzene rings is 2. The Morgan fingerprint density at radius 1 is 0.814 bits per heavy atom. The molecule has 2 saturated heterocycles. The van der Waals surface area contributed by atoms with Gasteiger partial charge in [0.05, 0.1) is 25.9 Å². The highest BCUT2D eigenvalue weighted by molar-refractivity contribution is 5.89. The number of hydrogen-bond donors (Lipinski definition) is 9. The normalized spacial score (nSPS) is 33.0. The van der Waals surface area contributed by atoms with E-state index in [4.69, 9.17) is 23.4 Å². The zero-order chi connectivity index (χ0) is 31.2. The second-order valence-electron chi connectivity index (χ2n) is 10.3. The van der Waals surface area contributed by atoms with Crippen molar-refractivity contribution < 1.29 is 69.3 Å². The molecule has 2 aliphatic rings. The van der Waals surface area contributed by atoms with Crippen molar-refractivity contribution in [3.8, 4) is 28.6 Å². The highest BCUT2D eigenvalue weighted by Gasteiger charge is 2.52. The Bertz CT molecular complexity index is 1490. The summed E-state index contributed by atoms with van der Waals surface area (Å²) in [5.41, 5.74) is -0.702. The first-order chi connectivity index (χ1) is 20.5. The number of hydrogen-bond acceptors (Lipinski definition) is 15. The second kappa shape index (κ2) is 12.3. The molecule has 0 aliphatic carbocycles. The topological polar surface area (TPSA) is 249 Å². The van der Waals surface area contributed by atoms with Crippen molar-refractivity contribution in [2.24, 2.45) is 0 Å². The molecule has 1 aromatic heterocycles. The second-order valence-corrected chi connectivity index (χ2v) is 10.3. The van der Waals surface area contributed by atoms with E-state index >= 15 is 0 Å². The van der Waals surface area contributed by atoms with Crippen LogP contribution in [0.25, 0.3) is 22.3 Å². The van der Waals surface area contributed by atoms with Gasteiger partial charge in [0.25, 0.3) is 0 Å². The molecule has 3 aromatic rings. The number of rotatable bonds is 7. The van der Waals surface area contributed by atoms with Gasteiger partial charge in [0, 0.05) is 17.7 Å². The Labute approximate surface area is 242 Å². The molecular formula is C28H32O15. The first-order valence-electron chi connectivity index (χ1n) is 13.3. The third kappa shape index (κ3) is 5.56. The number of phenolic OH excluding ortho intramolecular Hbond substituents is 2. The zero-order valence-electron chi connectivity index (χ0n) is 22.6. The fourth-order valence-corrected chi connectivity index (χ4v) is 5.33. The molecule has 15 heteroatoms. The van der Waals surface area contributed by atoms with Gasteiger partial charge in [-0.15, -0.1) is 0 Å². The summed E-state index contributed by atoms with van der Waals surface area (Å²) in [5, 5.41) is 92.5. The summed E-state index contributed by atoms with van der Waals surface area (Å²) in [6.07, 6.45) is -16.8. The van der Waals surface area contributed by atoms with Crippen LogP contribution in [0.5, 0.6) is 17.2 Å². The molecule has 234 valence electrons. The molecule has 0 radical (unpaired) electrons. The van der Waals surface area contributed by atoms with E-state index in [2.05, 4.69) is 0 Å². The molecule has 2 aromatic carbocycles. The molecule has 4 unspecified atom stereocenters. The van der Waals surface area contributed by atoms with Crippen molar-refractivity contribution >= 4 is 11.0 Å². The van der Waals surface area contributed by atoms with Gasteiger partial charge in [-0.3, -0.25) is 4.79 Å². The molecule has 9 N–H and O–H groups in total. The van der Waals surface area contributed by atoms with Gasteiger partial charge in [0.15, 0.2) is 17.3 Å². The Balaban J connectivity index is 1.69. The van der Waals surface area contributed by atoms with Crippen LogP contribution >= 0.6 is 0 Å². The van der Waals surface area contributed by atoms with Crippen molar-refractivity contribution in [3.63, 3.8) is 0 Å². The Kier molecular flexibility index (Phi) is 8.92. The van der Waals surface area contributed by atoms with Crippen LogP contribution in [-0.2, 0) is 14.2 Å². The molecule has 0 spiro atoms. The minimum absolute atomic E-state index is 0.00732.